The Morgan fingerprint density at radius 3 is 2.48 bits per heavy atom. The Labute approximate surface area is 140 Å². The van der Waals surface area contributed by atoms with Crippen molar-refractivity contribution >= 4 is 15.7 Å². The van der Waals surface area contributed by atoms with Gasteiger partial charge in [-0.1, -0.05) is 46.2 Å². The maximum atomic E-state index is 12.4. The van der Waals surface area contributed by atoms with E-state index < -0.39 is 10.0 Å². The number of rotatable bonds is 5. The van der Waals surface area contributed by atoms with Gasteiger partial charge in [0.25, 0.3) is 10.0 Å². The number of hydrogen-bond acceptors (Lipinski definition) is 3. The first kappa shape index (κ1) is 18.0. The van der Waals surface area contributed by atoms with Crippen molar-refractivity contribution in [1.82, 2.24) is 4.83 Å². The van der Waals surface area contributed by atoms with Gasteiger partial charge < -0.3 is 0 Å². The van der Waals surface area contributed by atoms with E-state index in [-0.39, 0.29) is 10.3 Å². The van der Waals surface area contributed by atoms with Crippen LogP contribution in [-0.2, 0) is 16.4 Å². The largest absolute Gasteiger partial charge is 0.276 e. The average molecular weight is 337 g/mol. The zero-order valence-electron chi connectivity index (χ0n) is 14.6. The minimum absolute atomic E-state index is 0.184. The zero-order chi connectivity index (χ0) is 17.1. The Hall–Kier alpha value is -1.36. The standard InChI is InChI=1S/C18H28N2O2S/c1-5-6-15-7-9-17(10-8-15)23(21,22)20-19-16-11-14(2)12-18(3,4)13-16/h7-10,14,20H,5-6,11-13H2,1-4H3/b19-16+/t14-/m0/s1. The fourth-order valence-electron chi connectivity index (χ4n) is 3.50. The Morgan fingerprint density at radius 2 is 1.91 bits per heavy atom. The van der Waals surface area contributed by atoms with E-state index in [0.717, 1.165) is 43.4 Å². The van der Waals surface area contributed by atoms with Gasteiger partial charge in [-0.15, -0.1) is 0 Å². The molecule has 23 heavy (non-hydrogen) atoms. The number of nitrogens with one attached hydrogen (secondary N) is 1. The van der Waals surface area contributed by atoms with Gasteiger partial charge in [0.15, 0.2) is 0 Å². The van der Waals surface area contributed by atoms with Crippen LogP contribution in [0.1, 0.15) is 58.9 Å². The van der Waals surface area contributed by atoms with Crippen molar-refractivity contribution in [2.45, 2.75) is 64.7 Å². The van der Waals surface area contributed by atoms with Gasteiger partial charge >= 0.3 is 0 Å². The quantitative estimate of drug-likeness (QED) is 0.822. The number of aryl methyl sites for hydroxylation is 1. The lowest BCUT2D eigenvalue weighted by molar-refractivity contribution is 0.265. The second kappa shape index (κ2) is 7.04. The summed E-state index contributed by atoms with van der Waals surface area (Å²) in [5.74, 6) is 0.537. The third-order valence-corrected chi connectivity index (χ3v) is 5.49. The third-order valence-electron chi connectivity index (χ3n) is 4.26. The summed E-state index contributed by atoms with van der Waals surface area (Å²) < 4.78 is 24.7. The summed E-state index contributed by atoms with van der Waals surface area (Å²) in [6, 6.07) is 7.05. The monoisotopic (exact) mass is 336 g/mol. The van der Waals surface area contributed by atoms with E-state index in [4.69, 9.17) is 0 Å². The summed E-state index contributed by atoms with van der Waals surface area (Å²) in [5, 5.41) is 4.21. The van der Waals surface area contributed by atoms with Gasteiger partial charge in [-0.2, -0.15) is 13.5 Å². The first-order valence-electron chi connectivity index (χ1n) is 8.38. The van der Waals surface area contributed by atoms with E-state index in [0.29, 0.717) is 5.92 Å². The van der Waals surface area contributed by atoms with Gasteiger partial charge in [0, 0.05) is 5.71 Å². The summed E-state index contributed by atoms with van der Waals surface area (Å²) in [6.45, 7) is 8.71. The smallest absolute Gasteiger partial charge is 0.200 e. The summed E-state index contributed by atoms with van der Waals surface area (Å²) in [6.07, 6.45) is 4.86. The molecule has 5 heteroatoms. The van der Waals surface area contributed by atoms with Crippen LogP contribution in [0, 0.1) is 11.3 Å². The van der Waals surface area contributed by atoms with Gasteiger partial charge in [-0.25, -0.2) is 4.83 Å². The molecule has 1 N–H and O–H groups in total. The SMILES string of the molecule is CCCc1ccc(S(=O)(=O)N/N=C2\C[C@H](C)CC(C)(C)C2)cc1. The normalized spacial score (nSPS) is 23.0. The molecule has 1 aromatic carbocycles. The minimum atomic E-state index is -3.58. The fourth-order valence-corrected chi connectivity index (χ4v) is 4.35. The van der Waals surface area contributed by atoms with E-state index >= 15 is 0 Å². The summed E-state index contributed by atoms with van der Waals surface area (Å²) in [4.78, 5) is 2.68. The lowest BCUT2D eigenvalue weighted by Crippen LogP contribution is -2.30. The van der Waals surface area contributed by atoms with E-state index in [2.05, 4.69) is 37.6 Å². The van der Waals surface area contributed by atoms with Crippen LogP contribution in [0.15, 0.2) is 34.3 Å². The number of nitrogens with zero attached hydrogens (tertiary/aromatic N) is 1. The van der Waals surface area contributed by atoms with Crippen LogP contribution >= 0.6 is 0 Å². The molecule has 1 saturated carbocycles. The number of sulfonamides is 1. The molecule has 0 aromatic heterocycles. The molecular formula is C18H28N2O2S. The lowest BCUT2D eigenvalue weighted by atomic mass is 9.72. The van der Waals surface area contributed by atoms with Crippen molar-refractivity contribution in [2.24, 2.45) is 16.4 Å². The molecule has 0 saturated heterocycles. The molecule has 0 spiro atoms. The topological polar surface area (TPSA) is 58.5 Å². The summed E-state index contributed by atoms with van der Waals surface area (Å²) >= 11 is 0. The molecular weight excluding hydrogens is 308 g/mol. The molecule has 1 aliphatic carbocycles. The Balaban J connectivity index is 2.10. The van der Waals surface area contributed by atoms with Crippen molar-refractivity contribution in [3.63, 3.8) is 0 Å². The molecule has 4 nitrogen and oxygen atoms in total. The van der Waals surface area contributed by atoms with Crippen molar-refractivity contribution in [1.29, 1.82) is 0 Å². The molecule has 0 unspecified atom stereocenters. The molecule has 0 amide bonds. The molecule has 0 bridgehead atoms. The first-order valence-corrected chi connectivity index (χ1v) is 9.86. The molecule has 0 radical (unpaired) electrons. The van der Waals surface area contributed by atoms with Crippen LogP contribution in [0.3, 0.4) is 0 Å². The molecule has 2 rings (SSSR count). The highest BCUT2D eigenvalue weighted by atomic mass is 32.2. The van der Waals surface area contributed by atoms with Crippen LogP contribution in [0.2, 0.25) is 0 Å². The number of benzene rings is 1. The highest BCUT2D eigenvalue weighted by Crippen LogP contribution is 2.36. The zero-order valence-corrected chi connectivity index (χ0v) is 15.4. The highest BCUT2D eigenvalue weighted by molar-refractivity contribution is 7.89. The van der Waals surface area contributed by atoms with Crippen LogP contribution < -0.4 is 4.83 Å². The molecule has 1 fully saturated rings. The maximum absolute atomic E-state index is 12.4. The van der Waals surface area contributed by atoms with Crippen LogP contribution in [-0.4, -0.2) is 14.1 Å². The Morgan fingerprint density at radius 1 is 1.26 bits per heavy atom. The maximum Gasteiger partial charge on any atom is 0.276 e. The van der Waals surface area contributed by atoms with Crippen molar-refractivity contribution in [2.75, 3.05) is 0 Å². The second-order valence-corrected chi connectivity index (χ2v) is 9.18. The van der Waals surface area contributed by atoms with E-state index in [9.17, 15) is 8.42 Å². The van der Waals surface area contributed by atoms with Gasteiger partial charge in [0.05, 0.1) is 4.90 Å². The Bertz CT molecular complexity index is 661. The average Bonchev–Trinajstić information content (AvgIpc) is 2.44. The third kappa shape index (κ3) is 5.06. The first-order chi connectivity index (χ1) is 10.7. The molecule has 0 heterocycles. The molecule has 1 aromatic rings. The van der Waals surface area contributed by atoms with Gasteiger partial charge in [0.2, 0.25) is 0 Å². The van der Waals surface area contributed by atoms with Crippen LogP contribution in [0.25, 0.3) is 0 Å². The predicted octanol–water partition coefficient (Wildman–Crippen LogP) is 4.12. The molecule has 1 aliphatic rings. The second-order valence-electron chi connectivity index (χ2n) is 7.52. The molecule has 0 aliphatic heterocycles. The lowest BCUT2D eigenvalue weighted by Gasteiger charge is -2.34. The number of hydrogen-bond donors (Lipinski definition) is 1. The van der Waals surface area contributed by atoms with Crippen LogP contribution in [0.4, 0.5) is 0 Å². The Kier molecular flexibility index (Phi) is 5.50. The summed E-state index contributed by atoms with van der Waals surface area (Å²) in [5.41, 5.74) is 2.28. The molecule has 1 atom stereocenters. The van der Waals surface area contributed by atoms with Crippen molar-refractivity contribution < 1.29 is 8.42 Å². The van der Waals surface area contributed by atoms with E-state index in [1.165, 1.54) is 0 Å². The molecule has 128 valence electrons. The van der Waals surface area contributed by atoms with Gasteiger partial charge in [0.1, 0.15) is 0 Å². The van der Waals surface area contributed by atoms with Crippen molar-refractivity contribution in [3.05, 3.63) is 29.8 Å². The van der Waals surface area contributed by atoms with Gasteiger partial charge in [-0.3, -0.25) is 0 Å². The van der Waals surface area contributed by atoms with Gasteiger partial charge in [-0.05, 0) is 54.7 Å². The van der Waals surface area contributed by atoms with Crippen molar-refractivity contribution in [3.8, 4) is 0 Å². The predicted molar refractivity (Wildman–Crippen MR) is 95.0 cm³/mol. The minimum Gasteiger partial charge on any atom is -0.200 e. The highest BCUT2D eigenvalue weighted by Gasteiger charge is 2.29. The van der Waals surface area contributed by atoms with E-state index in [1.807, 2.05) is 12.1 Å². The number of hydrazone groups is 1. The van der Waals surface area contributed by atoms with E-state index in [1.54, 1.807) is 12.1 Å². The fraction of sp³-hybridized carbons (Fsp3) is 0.611. The summed E-state index contributed by atoms with van der Waals surface area (Å²) in [7, 11) is -3.58. The van der Waals surface area contributed by atoms with Crippen LogP contribution in [0.5, 0.6) is 0 Å².